The molecule has 0 unspecified atom stereocenters. The van der Waals surface area contributed by atoms with Crippen LogP contribution < -0.4 is 10.9 Å². The van der Waals surface area contributed by atoms with E-state index >= 15 is 0 Å². The van der Waals surface area contributed by atoms with Crippen molar-refractivity contribution in [2.24, 2.45) is 0 Å². The standard InChI is InChI=1S/C15H15FN2O2/c1-11-5-6-12(8-13(11)16)9-17-14(19)10-18-7-3-2-4-15(18)20/h2-8H,9-10H2,1H3,(H,17,19). The highest BCUT2D eigenvalue weighted by molar-refractivity contribution is 5.75. The SMILES string of the molecule is Cc1ccc(CNC(=O)Cn2ccccc2=O)cc1F. The minimum absolute atomic E-state index is 0.0476. The predicted octanol–water partition coefficient (Wildman–Crippen LogP) is 1.61. The monoisotopic (exact) mass is 274 g/mol. The van der Waals surface area contributed by atoms with Crippen LogP contribution in [0.25, 0.3) is 0 Å². The van der Waals surface area contributed by atoms with Crippen molar-refractivity contribution >= 4 is 5.91 Å². The van der Waals surface area contributed by atoms with Crippen molar-refractivity contribution in [2.45, 2.75) is 20.0 Å². The first kappa shape index (κ1) is 14.0. The molecule has 2 rings (SSSR count). The Kier molecular flexibility index (Phi) is 4.30. The largest absolute Gasteiger partial charge is 0.350 e. The number of benzene rings is 1. The second-order valence-electron chi connectivity index (χ2n) is 4.53. The molecular weight excluding hydrogens is 259 g/mol. The molecular formula is C15H15FN2O2. The molecule has 104 valence electrons. The number of pyridine rings is 1. The van der Waals surface area contributed by atoms with Gasteiger partial charge < -0.3 is 9.88 Å². The van der Waals surface area contributed by atoms with Gasteiger partial charge in [-0.2, -0.15) is 0 Å². The lowest BCUT2D eigenvalue weighted by Gasteiger charge is -2.08. The van der Waals surface area contributed by atoms with Crippen LogP contribution in [-0.4, -0.2) is 10.5 Å². The molecule has 2 aromatic rings. The summed E-state index contributed by atoms with van der Waals surface area (Å²) >= 11 is 0. The van der Waals surface area contributed by atoms with Crippen molar-refractivity contribution in [1.29, 1.82) is 0 Å². The third-order valence-corrected chi connectivity index (χ3v) is 2.94. The summed E-state index contributed by atoms with van der Waals surface area (Å²) in [5, 5.41) is 2.66. The minimum Gasteiger partial charge on any atom is -0.350 e. The van der Waals surface area contributed by atoms with E-state index in [1.807, 2.05) is 0 Å². The topological polar surface area (TPSA) is 51.1 Å². The highest BCUT2D eigenvalue weighted by atomic mass is 19.1. The van der Waals surface area contributed by atoms with E-state index in [4.69, 9.17) is 0 Å². The van der Waals surface area contributed by atoms with E-state index < -0.39 is 0 Å². The first-order valence-corrected chi connectivity index (χ1v) is 6.23. The van der Waals surface area contributed by atoms with E-state index in [-0.39, 0.29) is 30.4 Å². The molecule has 4 nitrogen and oxygen atoms in total. The number of nitrogens with one attached hydrogen (secondary N) is 1. The molecule has 1 heterocycles. The number of nitrogens with zero attached hydrogens (tertiary/aromatic N) is 1. The molecule has 1 aromatic carbocycles. The van der Waals surface area contributed by atoms with Gasteiger partial charge in [-0.3, -0.25) is 9.59 Å². The van der Waals surface area contributed by atoms with Crippen molar-refractivity contribution < 1.29 is 9.18 Å². The van der Waals surface area contributed by atoms with Crippen molar-refractivity contribution in [3.63, 3.8) is 0 Å². The molecule has 0 saturated heterocycles. The zero-order valence-electron chi connectivity index (χ0n) is 11.1. The van der Waals surface area contributed by atoms with E-state index in [0.717, 1.165) is 0 Å². The molecule has 20 heavy (non-hydrogen) atoms. The molecule has 0 aliphatic rings. The van der Waals surface area contributed by atoms with Crippen LogP contribution in [0.4, 0.5) is 4.39 Å². The normalized spacial score (nSPS) is 10.3. The number of carbonyl (C=O) groups excluding carboxylic acids is 1. The van der Waals surface area contributed by atoms with Crippen LogP contribution in [0.15, 0.2) is 47.4 Å². The average Bonchev–Trinajstić information content (AvgIpc) is 2.43. The van der Waals surface area contributed by atoms with Gasteiger partial charge in [-0.15, -0.1) is 0 Å². The number of rotatable bonds is 4. The van der Waals surface area contributed by atoms with Crippen LogP contribution in [0.5, 0.6) is 0 Å². The maximum absolute atomic E-state index is 13.3. The summed E-state index contributed by atoms with van der Waals surface area (Å²) < 4.78 is 14.7. The fourth-order valence-corrected chi connectivity index (χ4v) is 1.75. The molecule has 5 heteroatoms. The van der Waals surface area contributed by atoms with Crippen LogP contribution >= 0.6 is 0 Å². The van der Waals surface area contributed by atoms with Crippen LogP contribution in [0.1, 0.15) is 11.1 Å². The van der Waals surface area contributed by atoms with E-state index in [0.29, 0.717) is 11.1 Å². The number of hydrogen-bond acceptors (Lipinski definition) is 2. The summed E-state index contributed by atoms with van der Waals surface area (Å²) in [4.78, 5) is 23.2. The van der Waals surface area contributed by atoms with E-state index in [9.17, 15) is 14.0 Å². The summed E-state index contributed by atoms with van der Waals surface area (Å²) in [5.74, 6) is -0.588. The van der Waals surface area contributed by atoms with Gasteiger partial charge in [0.15, 0.2) is 0 Å². The summed E-state index contributed by atoms with van der Waals surface area (Å²) in [6.45, 7) is 1.87. The summed E-state index contributed by atoms with van der Waals surface area (Å²) in [6.07, 6.45) is 1.55. The second-order valence-corrected chi connectivity index (χ2v) is 4.53. The van der Waals surface area contributed by atoms with Gasteiger partial charge in [-0.25, -0.2) is 4.39 Å². The number of aryl methyl sites for hydroxylation is 1. The molecule has 0 aliphatic heterocycles. The zero-order chi connectivity index (χ0) is 14.5. The Balaban J connectivity index is 1.94. The first-order chi connectivity index (χ1) is 9.56. The Morgan fingerprint density at radius 1 is 1.30 bits per heavy atom. The number of hydrogen-bond donors (Lipinski definition) is 1. The molecule has 0 saturated carbocycles. The molecule has 0 bridgehead atoms. The number of amides is 1. The predicted molar refractivity (Wildman–Crippen MR) is 73.7 cm³/mol. The molecule has 1 amide bonds. The molecule has 0 spiro atoms. The van der Waals surface area contributed by atoms with Crippen LogP contribution in [0.2, 0.25) is 0 Å². The lowest BCUT2D eigenvalue weighted by molar-refractivity contribution is -0.121. The molecule has 1 aromatic heterocycles. The Hall–Kier alpha value is -2.43. The summed E-state index contributed by atoms with van der Waals surface area (Å²) in [5.41, 5.74) is 1.02. The van der Waals surface area contributed by atoms with Gasteiger partial charge in [0.1, 0.15) is 12.4 Å². The molecule has 0 aliphatic carbocycles. The van der Waals surface area contributed by atoms with Crippen molar-refractivity contribution in [3.05, 3.63) is 69.9 Å². The van der Waals surface area contributed by atoms with Crippen LogP contribution in [0.3, 0.4) is 0 Å². The Labute approximate surface area is 115 Å². The molecule has 0 radical (unpaired) electrons. The highest BCUT2D eigenvalue weighted by Crippen LogP contribution is 2.08. The fraction of sp³-hybridized carbons (Fsp3) is 0.200. The smallest absolute Gasteiger partial charge is 0.250 e. The Bertz CT molecular complexity index is 680. The lowest BCUT2D eigenvalue weighted by Crippen LogP contribution is -2.31. The van der Waals surface area contributed by atoms with Gasteiger partial charge in [0.05, 0.1) is 0 Å². The van der Waals surface area contributed by atoms with Gasteiger partial charge in [0.2, 0.25) is 5.91 Å². The van der Waals surface area contributed by atoms with Crippen LogP contribution in [-0.2, 0) is 17.9 Å². The molecule has 0 fully saturated rings. The van der Waals surface area contributed by atoms with Crippen LogP contribution in [0, 0.1) is 12.7 Å². The van der Waals surface area contributed by atoms with Crippen molar-refractivity contribution in [2.75, 3.05) is 0 Å². The fourth-order valence-electron chi connectivity index (χ4n) is 1.75. The third-order valence-electron chi connectivity index (χ3n) is 2.94. The van der Waals surface area contributed by atoms with Crippen molar-refractivity contribution in [3.8, 4) is 0 Å². The van der Waals surface area contributed by atoms with E-state index in [1.165, 1.54) is 16.7 Å². The highest BCUT2D eigenvalue weighted by Gasteiger charge is 2.05. The zero-order valence-corrected chi connectivity index (χ0v) is 11.1. The third kappa shape index (κ3) is 3.54. The van der Waals surface area contributed by atoms with Gasteiger partial charge in [0, 0.05) is 18.8 Å². The Morgan fingerprint density at radius 2 is 2.10 bits per heavy atom. The van der Waals surface area contributed by atoms with Gasteiger partial charge in [-0.05, 0) is 30.2 Å². The van der Waals surface area contributed by atoms with Gasteiger partial charge in [-0.1, -0.05) is 18.2 Å². The number of carbonyl (C=O) groups is 1. The molecule has 1 N–H and O–H groups in total. The average molecular weight is 274 g/mol. The summed E-state index contributed by atoms with van der Waals surface area (Å²) in [6, 6.07) is 9.51. The molecule has 0 atom stereocenters. The Morgan fingerprint density at radius 3 is 2.80 bits per heavy atom. The summed E-state index contributed by atoms with van der Waals surface area (Å²) in [7, 11) is 0. The lowest BCUT2D eigenvalue weighted by atomic mass is 10.1. The maximum atomic E-state index is 13.3. The first-order valence-electron chi connectivity index (χ1n) is 6.23. The van der Waals surface area contributed by atoms with Gasteiger partial charge >= 0.3 is 0 Å². The van der Waals surface area contributed by atoms with E-state index in [2.05, 4.69) is 5.32 Å². The number of aromatic nitrogens is 1. The maximum Gasteiger partial charge on any atom is 0.250 e. The number of halogens is 1. The quantitative estimate of drug-likeness (QED) is 0.921. The van der Waals surface area contributed by atoms with Crippen molar-refractivity contribution in [1.82, 2.24) is 9.88 Å². The van der Waals surface area contributed by atoms with E-state index in [1.54, 1.807) is 37.4 Å². The second kappa shape index (κ2) is 6.14. The minimum atomic E-state index is -0.295. The van der Waals surface area contributed by atoms with Gasteiger partial charge in [0.25, 0.3) is 5.56 Å².